The van der Waals surface area contributed by atoms with E-state index < -0.39 is 5.97 Å². The predicted molar refractivity (Wildman–Crippen MR) is 58.3 cm³/mol. The zero-order chi connectivity index (χ0) is 10.7. The monoisotopic (exact) mass is 202 g/mol. The number of anilines is 1. The third-order valence-corrected chi connectivity index (χ3v) is 2.05. The van der Waals surface area contributed by atoms with E-state index in [0.717, 1.165) is 11.4 Å². The Morgan fingerprint density at radius 3 is 3.00 bits per heavy atom. The minimum atomic E-state index is -0.404. The van der Waals surface area contributed by atoms with Gasteiger partial charge in [-0.25, -0.2) is 4.79 Å². The molecule has 2 rings (SSSR count). The molecule has 1 aliphatic heterocycles. The van der Waals surface area contributed by atoms with Gasteiger partial charge in [0.25, 0.3) is 0 Å². The molecule has 0 aliphatic carbocycles. The van der Waals surface area contributed by atoms with Crippen LogP contribution in [0.1, 0.15) is 0 Å². The second-order valence-electron chi connectivity index (χ2n) is 3.01. The molecule has 4 heteroatoms. The number of para-hydroxylation sites is 2. The van der Waals surface area contributed by atoms with Crippen LogP contribution in [0.15, 0.2) is 41.0 Å². The highest BCUT2D eigenvalue weighted by Gasteiger charge is 2.10. The fraction of sp³-hybridized carbons (Fsp3) is 0.0909. The molecule has 0 atom stereocenters. The maximum absolute atomic E-state index is 11.2. The number of carbonyl (C=O) groups excluding carboxylic acids is 1. The fourth-order valence-electron chi connectivity index (χ4n) is 1.27. The van der Waals surface area contributed by atoms with Gasteiger partial charge in [0, 0.05) is 12.4 Å². The van der Waals surface area contributed by atoms with Crippen molar-refractivity contribution in [1.82, 2.24) is 0 Å². The predicted octanol–water partition coefficient (Wildman–Crippen LogP) is 1.87. The topological polar surface area (TPSA) is 50.7 Å². The average Bonchev–Trinajstić information content (AvgIpc) is 2.50. The first-order valence-corrected chi connectivity index (χ1v) is 4.49. The summed E-state index contributed by atoms with van der Waals surface area (Å²) in [6.07, 6.45) is 3.08. The van der Waals surface area contributed by atoms with Crippen molar-refractivity contribution in [3.8, 4) is 0 Å². The van der Waals surface area contributed by atoms with Gasteiger partial charge in [-0.05, 0) is 12.1 Å². The van der Waals surface area contributed by atoms with Crippen LogP contribution in [0.2, 0.25) is 0 Å². The largest absolute Gasteiger partial charge is 0.465 e. The maximum atomic E-state index is 11.2. The number of aliphatic imine (C=N–C) groups is 1. The molecule has 0 saturated heterocycles. The smallest absolute Gasteiger partial charge is 0.340 e. The van der Waals surface area contributed by atoms with Crippen molar-refractivity contribution in [1.29, 1.82) is 0 Å². The number of hydrogen-bond donors (Lipinski definition) is 1. The Morgan fingerprint density at radius 1 is 1.40 bits per heavy atom. The first-order valence-electron chi connectivity index (χ1n) is 4.49. The fourth-order valence-corrected chi connectivity index (χ4v) is 1.27. The van der Waals surface area contributed by atoms with Gasteiger partial charge in [-0.1, -0.05) is 12.1 Å². The number of nitrogens with zero attached hydrogens (tertiary/aromatic N) is 1. The Hall–Kier alpha value is -2.10. The summed E-state index contributed by atoms with van der Waals surface area (Å²) in [6.45, 7) is 0. The molecule has 15 heavy (non-hydrogen) atoms. The molecule has 0 radical (unpaired) electrons. The summed E-state index contributed by atoms with van der Waals surface area (Å²) in [6, 6.07) is 7.55. The second kappa shape index (κ2) is 3.96. The number of ether oxygens (including phenoxy) is 1. The number of esters is 1. The van der Waals surface area contributed by atoms with Gasteiger partial charge in [-0.15, -0.1) is 0 Å². The number of rotatable bonds is 1. The van der Waals surface area contributed by atoms with Crippen LogP contribution in [0.4, 0.5) is 11.4 Å². The number of carbonyl (C=O) groups is 1. The second-order valence-corrected chi connectivity index (χ2v) is 3.01. The van der Waals surface area contributed by atoms with Crippen molar-refractivity contribution in [2.24, 2.45) is 4.99 Å². The first-order chi connectivity index (χ1) is 7.31. The highest BCUT2D eigenvalue weighted by Crippen LogP contribution is 2.25. The van der Waals surface area contributed by atoms with E-state index in [1.807, 2.05) is 24.3 Å². The average molecular weight is 202 g/mol. The molecule has 0 fully saturated rings. The molecule has 1 aromatic carbocycles. The van der Waals surface area contributed by atoms with Gasteiger partial charge in [0.1, 0.15) is 0 Å². The third-order valence-electron chi connectivity index (χ3n) is 2.05. The minimum Gasteiger partial charge on any atom is -0.465 e. The van der Waals surface area contributed by atoms with Crippen molar-refractivity contribution in [3.05, 3.63) is 36.0 Å². The Kier molecular flexibility index (Phi) is 2.49. The van der Waals surface area contributed by atoms with Gasteiger partial charge in [-0.2, -0.15) is 0 Å². The molecule has 0 spiro atoms. The molecule has 1 N–H and O–H groups in total. The molecular formula is C11H10N2O2. The first kappa shape index (κ1) is 9.45. The molecule has 1 aliphatic rings. The van der Waals surface area contributed by atoms with E-state index >= 15 is 0 Å². The van der Waals surface area contributed by atoms with Crippen LogP contribution in [0.3, 0.4) is 0 Å². The number of nitrogens with one attached hydrogen (secondary N) is 1. The lowest BCUT2D eigenvalue weighted by atomic mass is 10.3. The quantitative estimate of drug-likeness (QED) is 0.707. The van der Waals surface area contributed by atoms with Crippen LogP contribution in [0.25, 0.3) is 0 Å². The van der Waals surface area contributed by atoms with Crippen LogP contribution in [-0.4, -0.2) is 19.3 Å². The summed E-state index contributed by atoms with van der Waals surface area (Å²) >= 11 is 0. The van der Waals surface area contributed by atoms with Crippen molar-refractivity contribution in [2.75, 3.05) is 12.4 Å². The molecule has 76 valence electrons. The highest BCUT2D eigenvalue weighted by atomic mass is 16.5. The van der Waals surface area contributed by atoms with Crippen LogP contribution in [-0.2, 0) is 9.53 Å². The molecule has 0 bridgehead atoms. The van der Waals surface area contributed by atoms with Crippen LogP contribution in [0.5, 0.6) is 0 Å². The third kappa shape index (κ3) is 1.88. The van der Waals surface area contributed by atoms with Gasteiger partial charge in [-0.3, -0.25) is 4.99 Å². The Morgan fingerprint density at radius 2 is 2.20 bits per heavy atom. The lowest BCUT2D eigenvalue weighted by molar-refractivity contribution is -0.135. The summed E-state index contributed by atoms with van der Waals surface area (Å²) < 4.78 is 4.61. The SMILES string of the molecule is COC(=O)C1=CNc2ccccc2N=C1. The Balaban J connectivity index is 2.33. The number of methoxy groups -OCH3 is 1. The summed E-state index contributed by atoms with van der Waals surface area (Å²) in [5, 5.41) is 3.00. The zero-order valence-electron chi connectivity index (χ0n) is 8.23. The lowest BCUT2D eigenvalue weighted by Gasteiger charge is -2.01. The van der Waals surface area contributed by atoms with Crippen LogP contribution >= 0.6 is 0 Å². The van der Waals surface area contributed by atoms with E-state index in [4.69, 9.17) is 0 Å². The summed E-state index contributed by atoms with van der Waals surface area (Å²) in [4.78, 5) is 15.4. The zero-order valence-corrected chi connectivity index (χ0v) is 8.23. The summed E-state index contributed by atoms with van der Waals surface area (Å²) in [5.41, 5.74) is 2.06. The van der Waals surface area contributed by atoms with E-state index in [0.29, 0.717) is 5.57 Å². The molecule has 1 heterocycles. The van der Waals surface area contributed by atoms with E-state index in [1.54, 1.807) is 6.20 Å². The van der Waals surface area contributed by atoms with E-state index in [-0.39, 0.29) is 0 Å². The molecule has 0 aromatic heterocycles. The van der Waals surface area contributed by atoms with Crippen molar-refractivity contribution in [3.63, 3.8) is 0 Å². The normalized spacial score (nSPS) is 13.3. The molecule has 4 nitrogen and oxygen atoms in total. The Labute approximate surface area is 87.3 Å². The van der Waals surface area contributed by atoms with Crippen LogP contribution in [0, 0.1) is 0 Å². The molecular weight excluding hydrogens is 192 g/mol. The van der Waals surface area contributed by atoms with Gasteiger partial charge < -0.3 is 10.1 Å². The van der Waals surface area contributed by atoms with Crippen molar-refractivity contribution < 1.29 is 9.53 Å². The van der Waals surface area contributed by atoms with Gasteiger partial charge in [0.15, 0.2) is 0 Å². The number of benzene rings is 1. The van der Waals surface area contributed by atoms with E-state index in [9.17, 15) is 4.79 Å². The summed E-state index contributed by atoms with van der Waals surface area (Å²) in [5.74, 6) is -0.404. The highest BCUT2D eigenvalue weighted by molar-refractivity contribution is 6.11. The molecule has 0 amide bonds. The van der Waals surface area contributed by atoms with Crippen LogP contribution < -0.4 is 5.32 Å². The molecule has 0 saturated carbocycles. The molecule has 0 unspecified atom stereocenters. The van der Waals surface area contributed by atoms with E-state index in [1.165, 1.54) is 13.3 Å². The van der Waals surface area contributed by atoms with Gasteiger partial charge in [0.05, 0.1) is 24.1 Å². The summed E-state index contributed by atoms with van der Waals surface area (Å²) in [7, 11) is 1.34. The number of hydrogen-bond acceptors (Lipinski definition) is 4. The van der Waals surface area contributed by atoms with Gasteiger partial charge >= 0.3 is 5.97 Å². The van der Waals surface area contributed by atoms with Gasteiger partial charge in [0.2, 0.25) is 0 Å². The maximum Gasteiger partial charge on any atom is 0.340 e. The van der Waals surface area contributed by atoms with E-state index in [2.05, 4.69) is 15.0 Å². The van der Waals surface area contributed by atoms with Crippen molar-refractivity contribution >= 4 is 23.6 Å². The molecule has 1 aromatic rings. The minimum absolute atomic E-state index is 0.397. The standard InChI is InChI=1S/C11H10N2O2/c1-15-11(14)8-6-12-9-4-2-3-5-10(9)13-7-8/h2-7,12H,1H3. The Bertz CT molecular complexity index is 450. The number of fused-ring (bicyclic) bond motifs is 1. The lowest BCUT2D eigenvalue weighted by Crippen LogP contribution is -2.06. The van der Waals surface area contributed by atoms with Crippen molar-refractivity contribution in [2.45, 2.75) is 0 Å².